The third-order valence-corrected chi connectivity index (χ3v) is 5.14. The van der Waals surface area contributed by atoms with Crippen LogP contribution in [-0.2, 0) is 6.42 Å². The molecule has 1 aromatic rings. The maximum atomic E-state index is 9.74. The fourth-order valence-electron chi connectivity index (χ4n) is 3.28. The molecule has 0 spiro atoms. The van der Waals surface area contributed by atoms with Gasteiger partial charge in [0, 0.05) is 5.56 Å². The van der Waals surface area contributed by atoms with E-state index in [1.165, 1.54) is 77.0 Å². The molecule has 0 aliphatic rings. The quantitative estimate of drug-likeness (QED) is 0.250. The van der Waals surface area contributed by atoms with Crippen molar-refractivity contribution in [2.24, 2.45) is 0 Å². The Morgan fingerprint density at radius 1 is 0.692 bits per heavy atom. The Morgan fingerprint density at radius 2 is 1.15 bits per heavy atom. The summed E-state index contributed by atoms with van der Waals surface area (Å²) in [5.74, 6) is 0.403. The summed E-state index contributed by atoms with van der Waals surface area (Å²) in [5.41, 5.74) is 1.60. The van der Waals surface area contributed by atoms with E-state index in [0.29, 0.717) is 5.56 Å². The van der Waals surface area contributed by atoms with Crippen molar-refractivity contribution in [2.75, 3.05) is 0 Å². The second-order valence-corrected chi connectivity index (χ2v) is 7.59. The SMILES string of the molecule is CCCCCCCC/C=C\CCCCCCCc1cc(O)c(C)c(O)c1. The normalized spacial score (nSPS) is 11.5. The first kappa shape index (κ1) is 22.6. The maximum Gasteiger partial charge on any atom is 0.122 e. The highest BCUT2D eigenvalue weighted by molar-refractivity contribution is 5.45. The molecule has 0 amide bonds. The predicted molar refractivity (Wildman–Crippen MR) is 113 cm³/mol. The molecule has 0 atom stereocenters. The van der Waals surface area contributed by atoms with Gasteiger partial charge in [0.15, 0.2) is 0 Å². The predicted octanol–water partition coefficient (Wildman–Crippen LogP) is 7.60. The van der Waals surface area contributed by atoms with Gasteiger partial charge in [-0.05, 0) is 63.1 Å². The number of phenolic OH excluding ortho intramolecular Hbond substituents is 2. The van der Waals surface area contributed by atoms with E-state index in [1.807, 2.05) is 0 Å². The highest BCUT2D eigenvalue weighted by Gasteiger charge is 2.05. The van der Waals surface area contributed by atoms with Crippen LogP contribution in [-0.4, -0.2) is 10.2 Å². The van der Waals surface area contributed by atoms with Crippen molar-refractivity contribution in [1.29, 1.82) is 0 Å². The Kier molecular flexibility index (Phi) is 12.8. The molecular formula is C24H40O2. The molecule has 0 bridgehead atoms. The minimum atomic E-state index is 0.202. The fraction of sp³-hybridized carbons (Fsp3) is 0.667. The number of aryl methyl sites for hydroxylation is 1. The molecule has 26 heavy (non-hydrogen) atoms. The highest BCUT2D eigenvalue weighted by Crippen LogP contribution is 2.28. The number of aromatic hydroxyl groups is 2. The zero-order valence-electron chi connectivity index (χ0n) is 17.1. The van der Waals surface area contributed by atoms with Crippen LogP contribution in [0.1, 0.15) is 102 Å². The van der Waals surface area contributed by atoms with E-state index < -0.39 is 0 Å². The molecule has 0 aliphatic carbocycles. The first-order chi connectivity index (χ1) is 12.6. The van der Waals surface area contributed by atoms with E-state index in [9.17, 15) is 10.2 Å². The zero-order valence-corrected chi connectivity index (χ0v) is 17.1. The Labute approximate surface area is 161 Å². The molecule has 0 aliphatic heterocycles. The molecule has 0 saturated carbocycles. The topological polar surface area (TPSA) is 40.5 Å². The van der Waals surface area contributed by atoms with Gasteiger partial charge in [-0.25, -0.2) is 0 Å². The third-order valence-electron chi connectivity index (χ3n) is 5.14. The van der Waals surface area contributed by atoms with E-state index in [2.05, 4.69) is 19.1 Å². The molecule has 0 saturated heterocycles. The lowest BCUT2D eigenvalue weighted by Crippen LogP contribution is -1.88. The van der Waals surface area contributed by atoms with E-state index in [-0.39, 0.29) is 11.5 Å². The minimum absolute atomic E-state index is 0.202. The first-order valence-corrected chi connectivity index (χ1v) is 10.8. The summed E-state index contributed by atoms with van der Waals surface area (Å²) >= 11 is 0. The highest BCUT2D eigenvalue weighted by atomic mass is 16.3. The van der Waals surface area contributed by atoms with Gasteiger partial charge >= 0.3 is 0 Å². The second kappa shape index (κ2) is 14.7. The first-order valence-electron chi connectivity index (χ1n) is 10.8. The number of phenols is 2. The number of hydrogen-bond acceptors (Lipinski definition) is 2. The Hall–Kier alpha value is -1.44. The second-order valence-electron chi connectivity index (χ2n) is 7.59. The van der Waals surface area contributed by atoms with Gasteiger partial charge in [-0.3, -0.25) is 0 Å². The number of hydrogen-bond donors (Lipinski definition) is 2. The molecule has 1 aromatic carbocycles. The lowest BCUT2D eigenvalue weighted by atomic mass is 10.0. The summed E-state index contributed by atoms with van der Waals surface area (Å²) in [6, 6.07) is 3.56. The van der Waals surface area contributed by atoms with Gasteiger partial charge in [-0.15, -0.1) is 0 Å². The van der Waals surface area contributed by atoms with Gasteiger partial charge < -0.3 is 10.2 Å². The molecule has 0 heterocycles. The molecule has 1 rings (SSSR count). The van der Waals surface area contributed by atoms with Crippen molar-refractivity contribution < 1.29 is 10.2 Å². The third kappa shape index (κ3) is 10.5. The van der Waals surface area contributed by atoms with Gasteiger partial charge in [0.05, 0.1) is 0 Å². The van der Waals surface area contributed by atoms with Crippen LogP contribution in [0.4, 0.5) is 0 Å². The van der Waals surface area contributed by atoms with Crippen LogP contribution >= 0.6 is 0 Å². The van der Waals surface area contributed by atoms with Crippen molar-refractivity contribution >= 4 is 0 Å². The van der Waals surface area contributed by atoms with Gasteiger partial charge in [-0.2, -0.15) is 0 Å². The summed E-state index contributed by atoms with van der Waals surface area (Å²) in [4.78, 5) is 0. The van der Waals surface area contributed by atoms with Crippen LogP contribution in [0.15, 0.2) is 24.3 Å². The molecule has 0 aromatic heterocycles. The number of rotatable bonds is 15. The van der Waals surface area contributed by atoms with E-state index in [0.717, 1.165) is 18.4 Å². The summed E-state index contributed by atoms with van der Waals surface area (Å²) in [7, 11) is 0. The average Bonchev–Trinajstić information content (AvgIpc) is 2.62. The molecule has 0 fully saturated rings. The average molecular weight is 361 g/mol. The van der Waals surface area contributed by atoms with Crippen molar-refractivity contribution in [3.05, 3.63) is 35.4 Å². The zero-order chi connectivity index (χ0) is 19.0. The fourth-order valence-corrected chi connectivity index (χ4v) is 3.28. The largest absolute Gasteiger partial charge is 0.508 e. The maximum absolute atomic E-state index is 9.74. The minimum Gasteiger partial charge on any atom is -0.508 e. The molecule has 2 N–H and O–H groups in total. The lowest BCUT2D eigenvalue weighted by Gasteiger charge is -2.07. The van der Waals surface area contributed by atoms with Crippen molar-refractivity contribution in [3.8, 4) is 11.5 Å². The lowest BCUT2D eigenvalue weighted by molar-refractivity contribution is 0.441. The van der Waals surface area contributed by atoms with E-state index >= 15 is 0 Å². The summed E-state index contributed by atoms with van der Waals surface area (Å²) in [5, 5.41) is 19.5. The number of benzene rings is 1. The number of allylic oxidation sites excluding steroid dienone is 2. The van der Waals surface area contributed by atoms with E-state index in [1.54, 1.807) is 19.1 Å². The van der Waals surface area contributed by atoms with Gasteiger partial charge in [0.2, 0.25) is 0 Å². The van der Waals surface area contributed by atoms with Crippen LogP contribution < -0.4 is 0 Å². The van der Waals surface area contributed by atoms with Crippen LogP contribution in [0.25, 0.3) is 0 Å². The van der Waals surface area contributed by atoms with Gasteiger partial charge in [0.25, 0.3) is 0 Å². The monoisotopic (exact) mass is 360 g/mol. The standard InChI is InChI=1S/C24H40O2/c1-3-4-5-6-7-8-9-10-11-12-13-14-15-16-17-18-22-19-23(25)21(2)24(26)20-22/h10-11,19-20,25-26H,3-9,12-18H2,1-2H3/b11-10-. The molecule has 2 heteroatoms. The molecule has 2 nitrogen and oxygen atoms in total. The van der Waals surface area contributed by atoms with Crippen molar-refractivity contribution in [2.45, 2.75) is 104 Å². The molecule has 0 radical (unpaired) electrons. The smallest absolute Gasteiger partial charge is 0.122 e. The Morgan fingerprint density at radius 3 is 1.69 bits per heavy atom. The molecular weight excluding hydrogens is 320 g/mol. The Balaban J connectivity index is 1.93. The van der Waals surface area contributed by atoms with Crippen molar-refractivity contribution in [1.82, 2.24) is 0 Å². The molecule has 0 unspecified atom stereocenters. The van der Waals surface area contributed by atoms with E-state index in [4.69, 9.17) is 0 Å². The molecule has 148 valence electrons. The van der Waals surface area contributed by atoms with Crippen LogP contribution in [0.3, 0.4) is 0 Å². The van der Waals surface area contributed by atoms with Gasteiger partial charge in [-0.1, -0.05) is 70.4 Å². The van der Waals surface area contributed by atoms with Crippen LogP contribution in [0.2, 0.25) is 0 Å². The summed E-state index contributed by atoms with van der Waals surface area (Å²) in [6.45, 7) is 4.00. The van der Waals surface area contributed by atoms with Crippen molar-refractivity contribution in [3.63, 3.8) is 0 Å². The summed E-state index contributed by atoms with van der Waals surface area (Å²) < 4.78 is 0. The summed E-state index contributed by atoms with van der Waals surface area (Å²) in [6.07, 6.45) is 22.6. The van der Waals surface area contributed by atoms with Crippen LogP contribution in [0.5, 0.6) is 11.5 Å². The van der Waals surface area contributed by atoms with Gasteiger partial charge in [0.1, 0.15) is 11.5 Å². The Bertz CT molecular complexity index is 482. The number of unbranched alkanes of at least 4 members (excludes halogenated alkanes) is 11. The van der Waals surface area contributed by atoms with Crippen LogP contribution in [0, 0.1) is 6.92 Å².